The van der Waals surface area contributed by atoms with Gasteiger partial charge >= 0.3 is 18.1 Å². The molecule has 1 aromatic carbocycles. The number of halogens is 3. The molecule has 1 heterocycles. The molecular formula is C13H11F3O3. The summed E-state index contributed by atoms with van der Waals surface area (Å²) in [5.41, 5.74) is 0.263. The topological polar surface area (TPSA) is 43.4 Å². The van der Waals surface area contributed by atoms with Crippen LogP contribution in [-0.4, -0.2) is 11.9 Å². The minimum absolute atomic E-state index is 0.0118. The SMILES string of the molecule is Cc1cc(C(F)(F)F)ccc1C1CC(=O)OC(=O)C1. The molecule has 1 aliphatic rings. The van der Waals surface area contributed by atoms with Crippen LogP contribution in [0.2, 0.25) is 0 Å². The number of carbonyl (C=O) groups is 2. The second-order valence-corrected chi connectivity index (χ2v) is 4.52. The molecule has 102 valence electrons. The Kier molecular flexibility index (Phi) is 3.34. The Labute approximate surface area is 107 Å². The summed E-state index contributed by atoms with van der Waals surface area (Å²) in [5, 5.41) is 0. The Morgan fingerprint density at radius 1 is 1.16 bits per heavy atom. The van der Waals surface area contributed by atoms with Gasteiger partial charge in [-0.2, -0.15) is 13.2 Å². The average molecular weight is 272 g/mol. The van der Waals surface area contributed by atoms with Crippen molar-refractivity contribution in [3.05, 3.63) is 34.9 Å². The van der Waals surface area contributed by atoms with Gasteiger partial charge in [0.2, 0.25) is 0 Å². The fourth-order valence-corrected chi connectivity index (χ4v) is 2.21. The van der Waals surface area contributed by atoms with E-state index in [0.29, 0.717) is 11.1 Å². The maximum absolute atomic E-state index is 12.5. The van der Waals surface area contributed by atoms with Gasteiger partial charge in [-0.15, -0.1) is 0 Å². The fraction of sp³-hybridized carbons (Fsp3) is 0.385. The van der Waals surface area contributed by atoms with E-state index in [1.54, 1.807) is 0 Å². The quantitative estimate of drug-likeness (QED) is 0.583. The minimum atomic E-state index is -4.40. The predicted octanol–water partition coefficient (Wildman–Crippen LogP) is 2.96. The summed E-state index contributed by atoms with van der Waals surface area (Å²) in [7, 11) is 0. The van der Waals surface area contributed by atoms with Crippen LogP contribution in [-0.2, 0) is 20.5 Å². The van der Waals surface area contributed by atoms with Crippen molar-refractivity contribution in [3.8, 4) is 0 Å². The molecular weight excluding hydrogens is 261 g/mol. The highest BCUT2D eigenvalue weighted by Gasteiger charge is 2.33. The van der Waals surface area contributed by atoms with Crippen LogP contribution in [0.5, 0.6) is 0 Å². The number of benzene rings is 1. The smallest absolute Gasteiger partial charge is 0.393 e. The van der Waals surface area contributed by atoms with E-state index in [2.05, 4.69) is 4.74 Å². The molecule has 0 spiro atoms. The Morgan fingerprint density at radius 2 is 1.74 bits per heavy atom. The van der Waals surface area contributed by atoms with Crippen LogP contribution < -0.4 is 0 Å². The third kappa shape index (κ3) is 2.94. The average Bonchev–Trinajstić information content (AvgIpc) is 2.26. The molecule has 0 radical (unpaired) electrons. The van der Waals surface area contributed by atoms with E-state index in [4.69, 9.17) is 0 Å². The number of esters is 2. The highest BCUT2D eigenvalue weighted by Crippen LogP contribution is 2.35. The van der Waals surface area contributed by atoms with Crippen molar-refractivity contribution >= 4 is 11.9 Å². The van der Waals surface area contributed by atoms with Crippen molar-refractivity contribution in [2.45, 2.75) is 31.9 Å². The Morgan fingerprint density at radius 3 is 2.21 bits per heavy atom. The zero-order chi connectivity index (χ0) is 14.2. The van der Waals surface area contributed by atoms with Crippen LogP contribution in [0.1, 0.15) is 35.4 Å². The van der Waals surface area contributed by atoms with Crippen molar-refractivity contribution in [1.29, 1.82) is 0 Å². The number of aryl methyl sites for hydroxylation is 1. The summed E-state index contributed by atoms with van der Waals surface area (Å²) < 4.78 is 42.0. The number of alkyl halides is 3. The highest BCUT2D eigenvalue weighted by atomic mass is 19.4. The second kappa shape index (κ2) is 4.68. The summed E-state index contributed by atoms with van der Waals surface area (Å²) in [6.07, 6.45) is -4.37. The first-order valence-corrected chi connectivity index (χ1v) is 5.68. The first kappa shape index (κ1) is 13.6. The Hall–Kier alpha value is -1.85. The molecule has 0 aliphatic carbocycles. The number of hydrogen-bond donors (Lipinski definition) is 0. The van der Waals surface area contributed by atoms with Gasteiger partial charge in [0.05, 0.1) is 18.4 Å². The lowest BCUT2D eigenvalue weighted by Crippen LogP contribution is -2.24. The van der Waals surface area contributed by atoms with Gasteiger partial charge in [-0.25, -0.2) is 0 Å². The normalized spacial score (nSPS) is 17.5. The van der Waals surface area contributed by atoms with E-state index in [0.717, 1.165) is 12.1 Å². The van der Waals surface area contributed by atoms with Gasteiger partial charge in [-0.05, 0) is 30.2 Å². The van der Waals surface area contributed by atoms with Gasteiger partial charge in [0.1, 0.15) is 0 Å². The Balaban J connectivity index is 2.31. The largest absolute Gasteiger partial charge is 0.416 e. The molecule has 19 heavy (non-hydrogen) atoms. The van der Waals surface area contributed by atoms with E-state index in [1.165, 1.54) is 13.0 Å². The molecule has 1 aromatic rings. The molecule has 0 amide bonds. The molecule has 0 atom stereocenters. The van der Waals surface area contributed by atoms with Crippen molar-refractivity contribution in [1.82, 2.24) is 0 Å². The fourth-order valence-electron chi connectivity index (χ4n) is 2.21. The van der Waals surface area contributed by atoms with Gasteiger partial charge in [0.25, 0.3) is 0 Å². The van der Waals surface area contributed by atoms with Crippen molar-refractivity contribution in [2.24, 2.45) is 0 Å². The van der Waals surface area contributed by atoms with E-state index < -0.39 is 29.6 Å². The number of ether oxygens (including phenoxy) is 1. The second-order valence-electron chi connectivity index (χ2n) is 4.52. The van der Waals surface area contributed by atoms with Crippen LogP contribution in [0.4, 0.5) is 13.2 Å². The molecule has 3 nitrogen and oxygen atoms in total. The lowest BCUT2D eigenvalue weighted by molar-refractivity contribution is -0.164. The third-order valence-corrected chi connectivity index (χ3v) is 3.09. The van der Waals surface area contributed by atoms with Crippen LogP contribution >= 0.6 is 0 Å². The van der Waals surface area contributed by atoms with Crippen LogP contribution in [0.15, 0.2) is 18.2 Å². The molecule has 0 bridgehead atoms. The summed E-state index contributed by atoms with van der Waals surface area (Å²) in [6.45, 7) is 1.54. The van der Waals surface area contributed by atoms with Gasteiger partial charge in [-0.3, -0.25) is 9.59 Å². The summed E-state index contributed by atoms with van der Waals surface area (Å²) >= 11 is 0. The minimum Gasteiger partial charge on any atom is -0.393 e. The zero-order valence-corrected chi connectivity index (χ0v) is 10.1. The summed E-state index contributed by atoms with van der Waals surface area (Å²) in [5.74, 6) is -1.68. The number of hydrogen-bond acceptors (Lipinski definition) is 3. The first-order chi connectivity index (χ1) is 8.77. The first-order valence-electron chi connectivity index (χ1n) is 5.68. The van der Waals surface area contributed by atoms with E-state index in [-0.39, 0.29) is 12.8 Å². The monoisotopic (exact) mass is 272 g/mol. The molecule has 1 fully saturated rings. The summed E-state index contributed by atoms with van der Waals surface area (Å²) in [4.78, 5) is 22.3. The lowest BCUT2D eigenvalue weighted by atomic mass is 9.87. The van der Waals surface area contributed by atoms with Gasteiger partial charge < -0.3 is 4.74 Å². The molecule has 0 aromatic heterocycles. The van der Waals surface area contributed by atoms with Crippen molar-refractivity contribution < 1.29 is 27.5 Å². The van der Waals surface area contributed by atoms with Crippen molar-refractivity contribution in [3.63, 3.8) is 0 Å². The van der Waals surface area contributed by atoms with E-state index in [1.807, 2.05) is 0 Å². The highest BCUT2D eigenvalue weighted by molar-refractivity contribution is 5.89. The number of rotatable bonds is 1. The molecule has 2 rings (SSSR count). The molecule has 6 heteroatoms. The maximum Gasteiger partial charge on any atom is 0.416 e. The molecule has 0 N–H and O–H groups in total. The van der Waals surface area contributed by atoms with E-state index in [9.17, 15) is 22.8 Å². The molecule has 1 aliphatic heterocycles. The number of carbonyl (C=O) groups excluding carboxylic acids is 2. The van der Waals surface area contributed by atoms with E-state index >= 15 is 0 Å². The molecule has 1 saturated heterocycles. The predicted molar refractivity (Wildman–Crippen MR) is 59.3 cm³/mol. The van der Waals surface area contributed by atoms with Crippen molar-refractivity contribution in [2.75, 3.05) is 0 Å². The lowest BCUT2D eigenvalue weighted by Gasteiger charge is -2.22. The van der Waals surface area contributed by atoms with Gasteiger partial charge in [0, 0.05) is 5.92 Å². The Bertz CT molecular complexity index is 518. The van der Waals surface area contributed by atoms with Crippen LogP contribution in [0, 0.1) is 6.92 Å². The van der Waals surface area contributed by atoms with Crippen LogP contribution in [0.3, 0.4) is 0 Å². The van der Waals surface area contributed by atoms with Gasteiger partial charge in [-0.1, -0.05) is 6.07 Å². The van der Waals surface area contributed by atoms with Gasteiger partial charge in [0.15, 0.2) is 0 Å². The summed E-state index contributed by atoms with van der Waals surface area (Å²) in [6, 6.07) is 3.32. The molecule has 0 saturated carbocycles. The number of cyclic esters (lactones) is 2. The third-order valence-electron chi connectivity index (χ3n) is 3.09. The zero-order valence-electron chi connectivity index (χ0n) is 10.1. The standard InChI is InChI=1S/C13H11F3O3/c1-7-4-9(13(14,15)16)2-3-10(7)8-5-11(17)19-12(18)6-8/h2-4,8H,5-6H2,1H3. The van der Waals surface area contributed by atoms with Crippen LogP contribution in [0.25, 0.3) is 0 Å². The maximum atomic E-state index is 12.5. The molecule has 0 unspecified atom stereocenters.